The van der Waals surface area contributed by atoms with Crippen LogP contribution in [0.5, 0.6) is 0 Å². The first-order valence-electron chi connectivity index (χ1n) is 11.3. The van der Waals surface area contributed by atoms with Gasteiger partial charge in [0, 0.05) is 35.2 Å². The third kappa shape index (κ3) is 5.51. The van der Waals surface area contributed by atoms with Crippen molar-refractivity contribution in [2.24, 2.45) is 0 Å². The monoisotopic (exact) mass is 482 g/mol. The van der Waals surface area contributed by atoms with Gasteiger partial charge in [0.15, 0.2) is 5.82 Å². The predicted octanol–water partition coefficient (Wildman–Crippen LogP) is 5.02. The van der Waals surface area contributed by atoms with Crippen LogP contribution in [0.25, 0.3) is 11.4 Å². The normalized spacial score (nSPS) is 14.9. The van der Waals surface area contributed by atoms with E-state index >= 15 is 0 Å². The molecule has 1 fully saturated rings. The number of pyridine rings is 1. The van der Waals surface area contributed by atoms with E-state index in [1.54, 1.807) is 24.7 Å². The van der Waals surface area contributed by atoms with Gasteiger partial charge in [-0.15, -0.1) is 0 Å². The van der Waals surface area contributed by atoms with Gasteiger partial charge in [-0.05, 0) is 63.2 Å². The fourth-order valence-corrected chi connectivity index (χ4v) is 4.11. The molecule has 2 aromatic heterocycles. The quantitative estimate of drug-likeness (QED) is 0.513. The molecular weight excluding hydrogens is 455 g/mol. The van der Waals surface area contributed by atoms with E-state index in [-0.39, 0.29) is 29.3 Å². The van der Waals surface area contributed by atoms with Crippen LogP contribution < -0.4 is 10.6 Å². The first kappa shape index (κ1) is 24.0. The number of amides is 1. The molecule has 1 saturated heterocycles. The highest BCUT2D eigenvalue weighted by Gasteiger charge is 2.22. The third-order valence-electron chi connectivity index (χ3n) is 5.98. The number of carbonyl (C=O) groups excluding carboxylic acids is 1. The lowest BCUT2D eigenvalue weighted by Gasteiger charge is -2.29. The van der Waals surface area contributed by atoms with Gasteiger partial charge >= 0.3 is 0 Å². The van der Waals surface area contributed by atoms with Gasteiger partial charge in [0.1, 0.15) is 11.6 Å². The minimum atomic E-state index is -0.463. The van der Waals surface area contributed by atoms with Crippen LogP contribution in [0.3, 0.4) is 0 Å². The number of aromatic nitrogens is 3. The summed E-state index contributed by atoms with van der Waals surface area (Å²) in [5.41, 5.74) is 2.04. The number of anilines is 2. The largest absolute Gasteiger partial charge is 0.349 e. The zero-order chi connectivity index (χ0) is 24.2. The SMILES string of the molecule is CC(C)c1cnc(-c2cc(Cl)ccc2F)nc1Nc1ccncc1C(=O)NC1CCN(C)CC1. The van der Waals surface area contributed by atoms with Gasteiger partial charge in [-0.25, -0.2) is 14.4 Å². The molecule has 34 heavy (non-hydrogen) atoms. The van der Waals surface area contributed by atoms with Crippen LogP contribution in [-0.2, 0) is 0 Å². The summed E-state index contributed by atoms with van der Waals surface area (Å²) in [4.78, 5) is 28.5. The van der Waals surface area contributed by atoms with E-state index in [9.17, 15) is 9.18 Å². The molecule has 2 N–H and O–H groups in total. The van der Waals surface area contributed by atoms with E-state index in [1.165, 1.54) is 18.2 Å². The predicted molar refractivity (Wildman–Crippen MR) is 132 cm³/mol. The first-order valence-corrected chi connectivity index (χ1v) is 11.7. The summed E-state index contributed by atoms with van der Waals surface area (Å²) in [6.07, 6.45) is 6.64. The van der Waals surface area contributed by atoms with Gasteiger partial charge in [0.05, 0.1) is 16.8 Å². The number of likely N-dealkylation sites (tertiary alicyclic amines) is 1. The van der Waals surface area contributed by atoms with Crippen molar-refractivity contribution in [2.75, 3.05) is 25.5 Å². The van der Waals surface area contributed by atoms with Gasteiger partial charge in [-0.1, -0.05) is 25.4 Å². The summed E-state index contributed by atoms with van der Waals surface area (Å²) in [5, 5.41) is 6.80. The van der Waals surface area contributed by atoms with Crippen molar-refractivity contribution >= 4 is 29.0 Å². The number of nitrogens with one attached hydrogen (secondary N) is 2. The average molecular weight is 483 g/mol. The molecule has 0 spiro atoms. The second-order valence-electron chi connectivity index (χ2n) is 8.87. The van der Waals surface area contributed by atoms with Crippen molar-refractivity contribution < 1.29 is 9.18 Å². The molecule has 0 saturated carbocycles. The zero-order valence-corrected chi connectivity index (χ0v) is 20.2. The molecule has 0 unspecified atom stereocenters. The van der Waals surface area contributed by atoms with Crippen LogP contribution in [0, 0.1) is 5.82 Å². The Hall–Kier alpha value is -3.10. The van der Waals surface area contributed by atoms with Crippen LogP contribution in [0.15, 0.2) is 42.9 Å². The summed E-state index contributed by atoms with van der Waals surface area (Å²) < 4.78 is 14.5. The highest BCUT2D eigenvalue weighted by atomic mass is 35.5. The third-order valence-corrected chi connectivity index (χ3v) is 6.22. The maximum absolute atomic E-state index is 14.5. The molecule has 3 aromatic rings. The topological polar surface area (TPSA) is 83.0 Å². The molecule has 1 aliphatic rings. The van der Waals surface area contributed by atoms with Gasteiger partial charge < -0.3 is 15.5 Å². The summed E-state index contributed by atoms with van der Waals surface area (Å²) >= 11 is 6.07. The molecule has 4 rings (SSSR count). The Balaban J connectivity index is 1.64. The maximum Gasteiger partial charge on any atom is 0.255 e. The Labute approximate surface area is 203 Å². The van der Waals surface area contributed by atoms with E-state index in [0.29, 0.717) is 22.1 Å². The molecule has 9 heteroatoms. The van der Waals surface area contributed by atoms with E-state index in [0.717, 1.165) is 31.5 Å². The molecule has 1 aromatic carbocycles. The van der Waals surface area contributed by atoms with Crippen LogP contribution in [0.1, 0.15) is 48.5 Å². The number of rotatable bonds is 6. The Bertz CT molecular complexity index is 1180. The minimum absolute atomic E-state index is 0.0964. The maximum atomic E-state index is 14.5. The zero-order valence-electron chi connectivity index (χ0n) is 19.5. The van der Waals surface area contributed by atoms with Crippen molar-refractivity contribution in [1.29, 1.82) is 0 Å². The second-order valence-corrected chi connectivity index (χ2v) is 9.31. The number of nitrogens with zero attached hydrogens (tertiary/aromatic N) is 4. The van der Waals surface area contributed by atoms with E-state index < -0.39 is 5.82 Å². The Kier molecular flexibility index (Phi) is 7.38. The Morgan fingerprint density at radius 2 is 1.97 bits per heavy atom. The molecule has 1 aliphatic heterocycles. The van der Waals surface area contributed by atoms with Crippen molar-refractivity contribution in [2.45, 2.75) is 38.6 Å². The summed E-state index contributed by atoms with van der Waals surface area (Å²) in [6, 6.07) is 6.12. The molecule has 7 nitrogen and oxygen atoms in total. The average Bonchev–Trinajstić information content (AvgIpc) is 2.82. The highest BCUT2D eigenvalue weighted by molar-refractivity contribution is 6.30. The van der Waals surface area contributed by atoms with Crippen LogP contribution in [0.2, 0.25) is 5.02 Å². The molecular formula is C25H28ClFN6O. The van der Waals surface area contributed by atoms with Crippen LogP contribution in [-0.4, -0.2) is 51.9 Å². The van der Waals surface area contributed by atoms with Crippen molar-refractivity contribution in [3.05, 3.63) is 64.8 Å². The van der Waals surface area contributed by atoms with E-state index in [4.69, 9.17) is 11.6 Å². The second kappa shape index (κ2) is 10.4. The number of piperidine rings is 1. The molecule has 3 heterocycles. The number of hydrogen-bond donors (Lipinski definition) is 2. The fraction of sp³-hybridized carbons (Fsp3) is 0.360. The van der Waals surface area contributed by atoms with E-state index in [1.807, 2.05) is 13.8 Å². The summed E-state index contributed by atoms with van der Waals surface area (Å²) in [7, 11) is 2.08. The lowest BCUT2D eigenvalue weighted by Crippen LogP contribution is -2.43. The van der Waals surface area contributed by atoms with Crippen molar-refractivity contribution in [3.63, 3.8) is 0 Å². The van der Waals surface area contributed by atoms with Crippen molar-refractivity contribution in [1.82, 2.24) is 25.2 Å². The summed E-state index contributed by atoms with van der Waals surface area (Å²) in [5.74, 6) is 0.150. The van der Waals surface area contributed by atoms with E-state index in [2.05, 4.69) is 37.5 Å². The Morgan fingerprint density at radius 1 is 1.21 bits per heavy atom. The molecule has 1 amide bonds. The molecule has 178 valence electrons. The lowest BCUT2D eigenvalue weighted by atomic mass is 10.0. The Morgan fingerprint density at radius 3 is 2.71 bits per heavy atom. The summed E-state index contributed by atoms with van der Waals surface area (Å²) in [6.45, 7) is 5.93. The molecule has 0 bridgehead atoms. The first-order chi connectivity index (χ1) is 16.3. The number of carbonyl (C=O) groups is 1. The number of hydrogen-bond acceptors (Lipinski definition) is 6. The van der Waals surface area contributed by atoms with Gasteiger partial charge in [0.2, 0.25) is 0 Å². The van der Waals surface area contributed by atoms with Gasteiger partial charge in [-0.2, -0.15) is 0 Å². The minimum Gasteiger partial charge on any atom is -0.349 e. The van der Waals surface area contributed by atoms with Crippen LogP contribution >= 0.6 is 11.6 Å². The van der Waals surface area contributed by atoms with Gasteiger partial charge in [-0.3, -0.25) is 9.78 Å². The van der Waals surface area contributed by atoms with Crippen molar-refractivity contribution in [3.8, 4) is 11.4 Å². The standard InChI is InChI=1S/C25H28ClFN6O/c1-15(2)19-14-29-23(18-12-16(26)4-5-21(18)27)32-24(19)31-22-6-9-28-13-20(22)25(34)30-17-7-10-33(3)11-8-17/h4-6,9,12-15,17H,7-8,10-11H2,1-3H3,(H,30,34)(H,28,29,31,32). The fourth-order valence-electron chi connectivity index (χ4n) is 3.94. The molecule has 0 atom stereocenters. The molecule has 0 aliphatic carbocycles. The lowest BCUT2D eigenvalue weighted by molar-refractivity contribution is 0.0917. The number of halogens is 2. The molecule has 0 radical (unpaired) electrons. The van der Waals surface area contributed by atoms with Crippen LogP contribution in [0.4, 0.5) is 15.9 Å². The highest BCUT2D eigenvalue weighted by Crippen LogP contribution is 2.30. The smallest absolute Gasteiger partial charge is 0.255 e. The number of benzene rings is 1. The van der Waals surface area contributed by atoms with Gasteiger partial charge in [0.25, 0.3) is 5.91 Å².